The number of aromatic nitrogens is 4. The number of rotatable bonds is 5. The zero-order chi connectivity index (χ0) is 24.6. The standard InChI is InChI=1S/C27H28FN7O/c1-2-23(36)31-19-11-17(13-29-14-19)15-6-7-22-21(12-15)25(35-34-22)27-32-24-20(8-9-30-26(24)33-27)16-4-3-5-18(28)10-16/h3-5,8-11,13-15,21-22,25,34-35H,2,6-7,12H2,1H3,(H,31,36)(H,30,32,33). The topological polar surface area (TPSA) is 108 Å². The van der Waals surface area contributed by atoms with E-state index in [2.05, 4.69) is 31.1 Å². The summed E-state index contributed by atoms with van der Waals surface area (Å²) in [6, 6.07) is 10.8. The number of carbonyl (C=O) groups excluding carboxylic acids is 1. The summed E-state index contributed by atoms with van der Waals surface area (Å²) in [5.74, 6) is 1.19. The molecular formula is C27H28FN7O. The van der Waals surface area contributed by atoms with Gasteiger partial charge in [0.15, 0.2) is 5.65 Å². The molecular weight excluding hydrogens is 457 g/mol. The van der Waals surface area contributed by atoms with Crippen LogP contribution in [-0.4, -0.2) is 31.9 Å². The average Bonchev–Trinajstić information content (AvgIpc) is 3.52. The highest BCUT2D eigenvalue weighted by atomic mass is 19.1. The molecule has 0 spiro atoms. The molecule has 4 N–H and O–H groups in total. The number of hydrogen-bond donors (Lipinski definition) is 4. The van der Waals surface area contributed by atoms with Crippen LogP contribution >= 0.6 is 0 Å². The van der Waals surface area contributed by atoms with Gasteiger partial charge in [-0.1, -0.05) is 19.1 Å². The molecule has 8 nitrogen and oxygen atoms in total. The highest BCUT2D eigenvalue weighted by Crippen LogP contribution is 2.44. The molecule has 0 radical (unpaired) electrons. The second kappa shape index (κ2) is 9.40. The van der Waals surface area contributed by atoms with Crippen LogP contribution in [0, 0.1) is 11.7 Å². The van der Waals surface area contributed by atoms with Crippen molar-refractivity contribution in [2.24, 2.45) is 5.92 Å². The summed E-state index contributed by atoms with van der Waals surface area (Å²) < 4.78 is 13.9. The molecule has 2 aliphatic rings. The van der Waals surface area contributed by atoms with Crippen LogP contribution < -0.4 is 16.2 Å². The van der Waals surface area contributed by atoms with Gasteiger partial charge in [0, 0.05) is 30.4 Å². The molecule has 0 bridgehead atoms. The molecule has 1 saturated carbocycles. The number of H-pyrrole nitrogens is 1. The first kappa shape index (κ1) is 22.8. The molecule has 1 aliphatic heterocycles. The number of fused-ring (bicyclic) bond motifs is 2. The van der Waals surface area contributed by atoms with E-state index >= 15 is 0 Å². The lowest BCUT2D eigenvalue weighted by Gasteiger charge is -2.33. The van der Waals surface area contributed by atoms with Crippen LogP contribution in [0.2, 0.25) is 0 Å². The molecule has 1 aromatic carbocycles. The van der Waals surface area contributed by atoms with Crippen molar-refractivity contribution in [3.8, 4) is 11.1 Å². The summed E-state index contributed by atoms with van der Waals surface area (Å²) in [5.41, 5.74) is 11.9. The lowest BCUT2D eigenvalue weighted by atomic mass is 9.73. The minimum Gasteiger partial charge on any atom is -0.339 e. The van der Waals surface area contributed by atoms with Crippen LogP contribution in [-0.2, 0) is 4.79 Å². The molecule has 4 heterocycles. The van der Waals surface area contributed by atoms with Gasteiger partial charge < -0.3 is 10.3 Å². The normalized spacial score (nSPS) is 23.5. The van der Waals surface area contributed by atoms with E-state index < -0.39 is 0 Å². The van der Waals surface area contributed by atoms with Gasteiger partial charge in [-0.3, -0.25) is 15.2 Å². The highest BCUT2D eigenvalue weighted by Gasteiger charge is 2.42. The summed E-state index contributed by atoms with van der Waals surface area (Å²) in [6.45, 7) is 1.84. The van der Waals surface area contributed by atoms with Crippen molar-refractivity contribution in [3.05, 3.63) is 72.2 Å². The molecule has 1 saturated heterocycles. The van der Waals surface area contributed by atoms with Crippen molar-refractivity contribution in [2.45, 2.75) is 50.6 Å². The summed E-state index contributed by atoms with van der Waals surface area (Å²) in [5, 5.41) is 2.92. The molecule has 2 fully saturated rings. The largest absolute Gasteiger partial charge is 0.339 e. The molecule has 4 unspecified atom stereocenters. The van der Waals surface area contributed by atoms with Gasteiger partial charge in [0.25, 0.3) is 0 Å². The number of nitrogens with zero attached hydrogens (tertiary/aromatic N) is 3. The van der Waals surface area contributed by atoms with Gasteiger partial charge in [0.05, 0.1) is 23.4 Å². The Morgan fingerprint density at radius 1 is 1.17 bits per heavy atom. The second-order valence-electron chi connectivity index (χ2n) is 9.64. The number of aromatic amines is 1. The number of pyridine rings is 2. The van der Waals surface area contributed by atoms with E-state index in [9.17, 15) is 9.18 Å². The van der Waals surface area contributed by atoms with Gasteiger partial charge in [0.1, 0.15) is 11.6 Å². The lowest BCUT2D eigenvalue weighted by molar-refractivity contribution is -0.115. The predicted octanol–water partition coefficient (Wildman–Crippen LogP) is 4.61. The van der Waals surface area contributed by atoms with E-state index in [1.807, 2.05) is 31.3 Å². The first-order valence-electron chi connectivity index (χ1n) is 12.5. The molecule has 1 aliphatic carbocycles. The Balaban J connectivity index is 1.27. The first-order valence-corrected chi connectivity index (χ1v) is 12.5. The molecule has 1 amide bonds. The Morgan fingerprint density at radius 2 is 2.08 bits per heavy atom. The maximum absolute atomic E-state index is 13.9. The van der Waals surface area contributed by atoms with Crippen molar-refractivity contribution in [3.63, 3.8) is 0 Å². The van der Waals surface area contributed by atoms with Crippen LogP contribution in [0.5, 0.6) is 0 Å². The Bertz CT molecular complexity index is 1420. The molecule has 184 valence electrons. The SMILES string of the molecule is CCC(=O)Nc1cncc(C2CCC3NNC(c4nc5nccc(-c6cccc(F)c6)c5[nH]4)C3C2)c1. The van der Waals surface area contributed by atoms with E-state index in [-0.39, 0.29) is 17.8 Å². The van der Waals surface area contributed by atoms with Crippen molar-refractivity contribution < 1.29 is 9.18 Å². The number of halogens is 1. The zero-order valence-corrected chi connectivity index (χ0v) is 20.0. The number of imidazole rings is 1. The van der Waals surface area contributed by atoms with Crippen LogP contribution in [0.25, 0.3) is 22.3 Å². The predicted molar refractivity (Wildman–Crippen MR) is 135 cm³/mol. The van der Waals surface area contributed by atoms with E-state index in [4.69, 9.17) is 4.98 Å². The maximum Gasteiger partial charge on any atom is 0.224 e. The quantitative estimate of drug-likeness (QED) is 0.329. The molecule has 6 rings (SSSR count). The van der Waals surface area contributed by atoms with E-state index in [1.54, 1.807) is 18.5 Å². The summed E-state index contributed by atoms with van der Waals surface area (Å²) in [4.78, 5) is 29.0. The number of carbonyl (C=O) groups is 1. The van der Waals surface area contributed by atoms with E-state index in [0.717, 1.165) is 53.0 Å². The molecule has 9 heteroatoms. The first-order chi connectivity index (χ1) is 17.6. The summed E-state index contributed by atoms with van der Waals surface area (Å²) >= 11 is 0. The number of amides is 1. The lowest BCUT2D eigenvalue weighted by Crippen LogP contribution is -2.34. The fraction of sp³-hybridized carbons (Fsp3) is 0.333. The minimum atomic E-state index is -0.275. The van der Waals surface area contributed by atoms with E-state index in [0.29, 0.717) is 29.9 Å². The van der Waals surface area contributed by atoms with Crippen molar-refractivity contribution in [2.75, 3.05) is 5.32 Å². The van der Waals surface area contributed by atoms with Gasteiger partial charge in [-0.15, -0.1) is 0 Å². The second-order valence-corrected chi connectivity index (χ2v) is 9.64. The fourth-order valence-electron chi connectivity index (χ4n) is 5.60. The van der Waals surface area contributed by atoms with Crippen molar-refractivity contribution in [1.29, 1.82) is 0 Å². The Kier molecular flexibility index (Phi) is 5.94. The smallest absolute Gasteiger partial charge is 0.224 e. The number of hydrazine groups is 1. The summed E-state index contributed by atoms with van der Waals surface area (Å²) in [6.07, 6.45) is 8.78. The van der Waals surface area contributed by atoms with Crippen molar-refractivity contribution in [1.82, 2.24) is 30.8 Å². The molecule has 3 aromatic heterocycles. The number of hydrogen-bond acceptors (Lipinski definition) is 6. The van der Waals surface area contributed by atoms with Gasteiger partial charge in [-0.2, -0.15) is 0 Å². The van der Waals surface area contributed by atoms with E-state index in [1.165, 1.54) is 12.1 Å². The van der Waals surface area contributed by atoms with Gasteiger partial charge in [-0.05, 0) is 66.5 Å². The van der Waals surface area contributed by atoms with Gasteiger partial charge >= 0.3 is 0 Å². The maximum atomic E-state index is 13.9. The van der Waals surface area contributed by atoms with Crippen LogP contribution in [0.15, 0.2) is 55.0 Å². The average molecular weight is 486 g/mol. The third-order valence-electron chi connectivity index (χ3n) is 7.43. The molecule has 4 aromatic rings. The van der Waals surface area contributed by atoms with Crippen LogP contribution in [0.3, 0.4) is 0 Å². The Labute approximate surface area is 208 Å². The molecule has 36 heavy (non-hydrogen) atoms. The third kappa shape index (κ3) is 4.25. The highest BCUT2D eigenvalue weighted by molar-refractivity contribution is 5.90. The van der Waals surface area contributed by atoms with Gasteiger partial charge in [0.2, 0.25) is 5.91 Å². The molecule has 4 atom stereocenters. The fourth-order valence-corrected chi connectivity index (χ4v) is 5.60. The zero-order valence-electron chi connectivity index (χ0n) is 20.0. The third-order valence-corrected chi connectivity index (χ3v) is 7.43. The monoisotopic (exact) mass is 485 g/mol. The number of benzene rings is 1. The van der Waals surface area contributed by atoms with Crippen LogP contribution in [0.1, 0.15) is 56.0 Å². The Hall–Kier alpha value is -3.69. The summed E-state index contributed by atoms with van der Waals surface area (Å²) in [7, 11) is 0. The minimum absolute atomic E-state index is 0.0108. The van der Waals surface area contributed by atoms with Crippen molar-refractivity contribution >= 4 is 22.8 Å². The number of anilines is 1. The Morgan fingerprint density at radius 3 is 2.94 bits per heavy atom. The van der Waals surface area contributed by atoms with Gasteiger partial charge in [-0.25, -0.2) is 19.8 Å². The number of nitrogens with one attached hydrogen (secondary N) is 4. The van der Waals surface area contributed by atoms with Crippen LogP contribution in [0.4, 0.5) is 10.1 Å².